The molecule has 1 saturated heterocycles. The van der Waals surface area contributed by atoms with Gasteiger partial charge >= 0.3 is 0 Å². The number of rotatable bonds is 4. The predicted octanol–water partition coefficient (Wildman–Crippen LogP) is 1.28. The zero-order chi connectivity index (χ0) is 13.8. The molecule has 0 aromatic rings. The number of carbonyl (C=O) groups excluding carboxylic acids is 1. The molecule has 0 aromatic carbocycles. The lowest BCUT2D eigenvalue weighted by molar-refractivity contribution is -0.131. The van der Waals surface area contributed by atoms with Gasteiger partial charge in [0.2, 0.25) is 5.91 Å². The van der Waals surface area contributed by atoms with Gasteiger partial charge in [-0.25, -0.2) is 0 Å². The summed E-state index contributed by atoms with van der Waals surface area (Å²) in [4.78, 5) is 13.7. The van der Waals surface area contributed by atoms with Gasteiger partial charge in [0.05, 0.1) is 18.7 Å². The number of terminal acetylenes is 1. The van der Waals surface area contributed by atoms with Crippen LogP contribution in [0.5, 0.6) is 0 Å². The number of nitrogens with zero attached hydrogens (tertiary/aromatic N) is 2. The number of nitrogens with one attached hydrogen (secondary N) is 1. The van der Waals surface area contributed by atoms with E-state index in [1.165, 1.54) is 0 Å². The SMILES string of the molecule is C#C[C@H]1CC[C@@H](C#N)N1C(=O)CNC(C)(C)CC. The van der Waals surface area contributed by atoms with Gasteiger partial charge in [-0.05, 0) is 33.1 Å². The summed E-state index contributed by atoms with van der Waals surface area (Å²) in [5, 5.41) is 12.2. The van der Waals surface area contributed by atoms with Crippen LogP contribution in [-0.2, 0) is 4.79 Å². The van der Waals surface area contributed by atoms with Gasteiger partial charge in [0.25, 0.3) is 0 Å². The van der Waals surface area contributed by atoms with Crippen molar-refractivity contribution >= 4 is 5.91 Å². The van der Waals surface area contributed by atoms with Gasteiger partial charge in [-0.1, -0.05) is 12.8 Å². The molecule has 98 valence electrons. The molecular weight excluding hydrogens is 226 g/mol. The molecule has 4 nitrogen and oxygen atoms in total. The van der Waals surface area contributed by atoms with Crippen LogP contribution in [0.2, 0.25) is 0 Å². The third-order valence-corrected chi connectivity index (χ3v) is 3.62. The standard InChI is InChI=1S/C14H21N3O/c1-5-11-7-8-12(9-15)17(11)13(18)10-16-14(3,4)6-2/h1,11-12,16H,6-8,10H2,2-4H3/t11-,12-/m0/s1. The van der Waals surface area contributed by atoms with Crippen LogP contribution in [0.15, 0.2) is 0 Å². The van der Waals surface area contributed by atoms with E-state index < -0.39 is 0 Å². The van der Waals surface area contributed by atoms with Crippen molar-refractivity contribution in [1.29, 1.82) is 5.26 Å². The lowest BCUT2D eigenvalue weighted by Gasteiger charge is -2.28. The molecule has 1 N–H and O–H groups in total. The summed E-state index contributed by atoms with van der Waals surface area (Å²) in [5.41, 5.74) is -0.0802. The fourth-order valence-electron chi connectivity index (χ4n) is 1.98. The van der Waals surface area contributed by atoms with E-state index in [1.54, 1.807) is 4.90 Å². The quantitative estimate of drug-likeness (QED) is 0.761. The molecule has 1 heterocycles. The van der Waals surface area contributed by atoms with Crippen molar-refractivity contribution in [2.24, 2.45) is 0 Å². The number of hydrogen-bond donors (Lipinski definition) is 1. The van der Waals surface area contributed by atoms with Gasteiger partial charge < -0.3 is 10.2 Å². The summed E-state index contributed by atoms with van der Waals surface area (Å²) >= 11 is 0. The summed E-state index contributed by atoms with van der Waals surface area (Å²) < 4.78 is 0. The van der Waals surface area contributed by atoms with Crippen LogP contribution in [-0.4, -0.2) is 35.0 Å². The van der Waals surface area contributed by atoms with Crippen LogP contribution in [0.1, 0.15) is 40.0 Å². The van der Waals surface area contributed by atoms with Crippen LogP contribution in [0, 0.1) is 23.7 Å². The molecule has 0 unspecified atom stereocenters. The minimum absolute atomic E-state index is 0.0801. The second kappa shape index (κ2) is 5.89. The highest BCUT2D eigenvalue weighted by atomic mass is 16.2. The van der Waals surface area contributed by atoms with Crippen LogP contribution >= 0.6 is 0 Å². The Morgan fingerprint density at radius 2 is 2.11 bits per heavy atom. The average Bonchev–Trinajstić information content (AvgIpc) is 2.79. The van der Waals surface area contributed by atoms with E-state index in [1.807, 2.05) is 13.8 Å². The van der Waals surface area contributed by atoms with Crippen LogP contribution < -0.4 is 5.32 Å². The Morgan fingerprint density at radius 1 is 1.50 bits per heavy atom. The first-order valence-corrected chi connectivity index (χ1v) is 6.37. The maximum atomic E-state index is 12.2. The summed E-state index contributed by atoms with van der Waals surface area (Å²) in [6.07, 6.45) is 7.74. The second-order valence-electron chi connectivity index (χ2n) is 5.30. The molecule has 0 bridgehead atoms. The van der Waals surface area contributed by atoms with Crippen molar-refractivity contribution in [3.05, 3.63) is 0 Å². The third kappa shape index (κ3) is 3.24. The number of carbonyl (C=O) groups is 1. The van der Waals surface area contributed by atoms with Crippen molar-refractivity contribution in [3.8, 4) is 18.4 Å². The monoisotopic (exact) mass is 247 g/mol. The fourth-order valence-corrected chi connectivity index (χ4v) is 1.98. The summed E-state index contributed by atoms with van der Waals surface area (Å²) in [6, 6.07) is 1.55. The zero-order valence-corrected chi connectivity index (χ0v) is 11.4. The molecular formula is C14H21N3O. The Bertz CT molecular complexity index is 367. The zero-order valence-electron chi connectivity index (χ0n) is 11.4. The third-order valence-electron chi connectivity index (χ3n) is 3.62. The Balaban J connectivity index is 2.65. The maximum absolute atomic E-state index is 12.2. The molecule has 0 spiro atoms. The smallest absolute Gasteiger partial charge is 0.238 e. The summed E-state index contributed by atoms with van der Waals surface area (Å²) in [5.74, 6) is 2.52. The molecule has 0 aromatic heterocycles. The fraction of sp³-hybridized carbons (Fsp3) is 0.714. The minimum Gasteiger partial charge on any atom is -0.312 e. The van der Waals surface area contributed by atoms with Gasteiger partial charge in [-0.3, -0.25) is 4.79 Å². The van der Waals surface area contributed by atoms with Crippen molar-refractivity contribution < 1.29 is 4.79 Å². The Hall–Kier alpha value is -1.52. The molecule has 1 aliphatic heterocycles. The highest BCUT2D eigenvalue weighted by Crippen LogP contribution is 2.23. The molecule has 1 amide bonds. The van der Waals surface area contributed by atoms with E-state index in [-0.39, 0.29) is 30.1 Å². The Kier molecular flexibility index (Phi) is 4.76. The van der Waals surface area contributed by atoms with E-state index in [9.17, 15) is 4.79 Å². The molecule has 0 saturated carbocycles. The van der Waals surface area contributed by atoms with Gasteiger partial charge in [0.15, 0.2) is 0 Å². The lowest BCUT2D eigenvalue weighted by Crippen LogP contribution is -2.49. The molecule has 18 heavy (non-hydrogen) atoms. The average molecular weight is 247 g/mol. The second-order valence-corrected chi connectivity index (χ2v) is 5.30. The molecule has 4 heteroatoms. The highest BCUT2D eigenvalue weighted by Gasteiger charge is 2.36. The van der Waals surface area contributed by atoms with Crippen molar-refractivity contribution in [3.63, 3.8) is 0 Å². The first-order chi connectivity index (χ1) is 8.45. The molecule has 2 atom stereocenters. The Labute approximate surface area is 109 Å². The topological polar surface area (TPSA) is 56.1 Å². The highest BCUT2D eigenvalue weighted by molar-refractivity contribution is 5.80. The molecule has 0 aliphatic carbocycles. The largest absolute Gasteiger partial charge is 0.312 e. The van der Waals surface area contributed by atoms with Gasteiger partial charge in [0.1, 0.15) is 6.04 Å². The first-order valence-electron chi connectivity index (χ1n) is 6.37. The predicted molar refractivity (Wildman–Crippen MR) is 70.5 cm³/mol. The number of amides is 1. The van der Waals surface area contributed by atoms with E-state index in [0.717, 1.165) is 12.8 Å². The number of nitriles is 1. The summed E-state index contributed by atoms with van der Waals surface area (Å²) in [6.45, 7) is 6.39. The van der Waals surface area contributed by atoms with Crippen molar-refractivity contribution in [2.45, 2.75) is 57.7 Å². The molecule has 1 aliphatic rings. The normalized spacial score (nSPS) is 23.5. The van der Waals surface area contributed by atoms with E-state index in [0.29, 0.717) is 6.42 Å². The Morgan fingerprint density at radius 3 is 2.61 bits per heavy atom. The lowest BCUT2D eigenvalue weighted by atomic mass is 10.0. The van der Waals surface area contributed by atoms with Gasteiger partial charge in [-0.15, -0.1) is 6.42 Å². The summed E-state index contributed by atoms with van der Waals surface area (Å²) in [7, 11) is 0. The van der Waals surface area contributed by atoms with Crippen molar-refractivity contribution in [2.75, 3.05) is 6.54 Å². The van der Waals surface area contributed by atoms with E-state index in [4.69, 9.17) is 11.7 Å². The van der Waals surface area contributed by atoms with E-state index >= 15 is 0 Å². The number of likely N-dealkylation sites (tertiary alicyclic amines) is 1. The molecule has 1 rings (SSSR count). The maximum Gasteiger partial charge on any atom is 0.238 e. The first kappa shape index (κ1) is 14.5. The van der Waals surface area contributed by atoms with Crippen LogP contribution in [0.4, 0.5) is 0 Å². The van der Waals surface area contributed by atoms with E-state index in [2.05, 4.69) is 24.2 Å². The number of hydrogen-bond acceptors (Lipinski definition) is 3. The van der Waals surface area contributed by atoms with Gasteiger partial charge in [0, 0.05) is 5.54 Å². The minimum atomic E-state index is -0.370. The molecule has 0 radical (unpaired) electrons. The van der Waals surface area contributed by atoms with Crippen LogP contribution in [0.25, 0.3) is 0 Å². The van der Waals surface area contributed by atoms with Gasteiger partial charge in [-0.2, -0.15) is 5.26 Å². The van der Waals surface area contributed by atoms with Crippen molar-refractivity contribution in [1.82, 2.24) is 10.2 Å². The van der Waals surface area contributed by atoms with Crippen LogP contribution in [0.3, 0.4) is 0 Å². The molecule has 1 fully saturated rings.